The monoisotopic (exact) mass is 874 g/mol. The first-order chi connectivity index (χ1) is 29.9. The number of rotatable bonds is 9. The van der Waals surface area contributed by atoms with Gasteiger partial charge in [0, 0.05) is 73.7 Å². The Kier molecular flexibility index (Phi) is 15.7. The third-order valence-electron chi connectivity index (χ3n) is 11.0. The van der Waals surface area contributed by atoms with Crippen LogP contribution in [-0.2, 0) is 39.9 Å². The lowest BCUT2D eigenvalue weighted by Gasteiger charge is -2.29. The molecule has 1 saturated heterocycles. The van der Waals surface area contributed by atoms with Crippen LogP contribution in [0.25, 0.3) is 6.08 Å². The van der Waals surface area contributed by atoms with Crippen LogP contribution in [0.1, 0.15) is 68.4 Å². The number of benzene rings is 2. The first kappa shape index (κ1) is 47.4. The van der Waals surface area contributed by atoms with Crippen molar-refractivity contribution in [1.29, 1.82) is 0 Å². The minimum Gasteiger partial charge on any atom is -0.506 e. The van der Waals surface area contributed by atoms with Crippen LogP contribution < -0.4 is 27.0 Å². The molecule has 3 aliphatic heterocycles. The second kappa shape index (κ2) is 20.9. The number of phenols is 2. The number of imide groups is 1. The van der Waals surface area contributed by atoms with Gasteiger partial charge in [-0.15, -0.1) is 0 Å². The molecule has 6 unspecified atom stereocenters. The normalized spacial score (nSPS) is 25.1. The molecule has 338 valence electrons. The maximum atomic E-state index is 13.3. The Labute approximate surface area is 363 Å². The lowest BCUT2D eigenvalue weighted by molar-refractivity contribution is -0.137. The Hall–Kier alpha value is -6.70. The van der Waals surface area contributed by atoms with Gasteiger partial charge in [0.15, 0.2) is 6.10 Å². The predicted octanol–water partition coefficient (Wildman–Crippen LogP) is 4.20. The molecule has 5 rings (SSSR count). The highest BCUT2D eigenvalue weighted by Gasteiger charge is 2.40. The van der Waals surface area contributed by atoms with Crippen molar-refractivity contribution in [1.82, 2.24) is 10.2 Å². The number of anilines is 3. The fraction of sp³-hybridized carbons (Fsp3) is 0.409. The van der Waals surface area contributed by atoms with Gasteiger partial charge in [0.05, 0.1) is 23.6 Å². The zero-order chi connectivity index (χ0) is 46.1. The standard InChI is InChI=1S/C44H54N6O13/c1-22-17-27-36(46-15-16-62-44(59)48-29-11-8-10-26-28(29)21-50(42(26)57)31-13-14-35(52)49-41(31)56)32(51)20-30(38(27)54)47-40(55)23(2)9-7-12-33(60-5)39(63-43(45)58)25(4)19-24(3)37(53)34(18-22)61-6/h7-12,17,19-20,24,31,33-34,37,39,46,51,53-54H,13-16,18,21H2,1-6H3,(H2,45,58)(H,47,55)(H,48,59)(H,49,52,56)/b12-7?,22-17+,23-9+,25-19?. The van der Waals surface area contributed by atoms with Gasteiger partial charge in [-0.05, 0) is 57.4 Å². The van der Waals surface area contributed by atoms with Crippen LogP contribution in [0.2, 0.25) is 0 Å². The molecule has 19 heteroatoms. The maximum Gasteiger partial charge on any atom is 0.411 e. The van der Waals surface area contributed by atoms with Gasteiger partial charge in [-0.2, -0.15) is 0 Å². The molecular formula is C44H54N6O13. The number of nitrogens with one attached hydrogen (secondary N) is 4. The quantitative estimate of drug-likeness (QED) is 0.0577. The van der Waals surface area contributed by atoms with Crippen LogP contribution in [-0.4, -0.2) is 114 Å². The van der Waals surface area contributed by atoms with Crippen LogP contribution in [0, 0.1) is 5.92 Å². The zero-order valence-corrected chi connectivity index (χ0v) is 35.9. The summed E-state index contributed by atoms with van der Waals surface area (Å²) >= 11 is 0. The highest BCUT2D eigenvalue weighted by molar-refractivity contribution is 6.07. The second-order valence-electron chi connectivity index (χ2n) is 15.5. The number of nitrogens with zero attached hydrogens (tertiary/aromatic N) is 1. The summed E-state index contributed by atoms with van der Waals surface area (Å²) in [7, 11) is 2.84. The lowest BCUT2D eigenvalue weighted by Crippen LogP contribution is -2.52. The minimum atomic E-state index is -1.08. The number of carbonyl (C=O) groups is 6. The number of aliphatic hydroxyl groups excluding tert-OH is 1. The van der Waals surface area contributed by atoms with Gasteiger partial charge in [0.1, 0.15) is 30.3 Å². The van der Waals surface area contributed by atoms with Crippen LogP contribution in [0.4, 0.5) is 26.7 Å². The van der Waals surface area contributed by atoms with Crippen LogP contribution >= 0.6 is 0 Å². The number of ether oxygens (including phenoxy) is 4. The number of amides is 6. The highest BCUT2D eigenvalue weighted by Crippen LogP contribution is 2.42. The second-order valence-corrected chi connectivity index (χ2v) is 15.5. The number of aliphatic hydroxyl groups is 1. The van der Waals surface area contributed by atoms with E-state index >= 15 is 0 Å². The highest BCUT2D eigenvalue weighted by atomic mass is 16.6. The summed E-state index contributed by atoms with van der Waals surface area (Å²) in [6, 6.07) is 5.07. The number of hydrogen-bond donors (Lipinski definition) is 8. The van der Waals surface area contributed by atoms with Crippen molar-refractivity contribution < 1.29 is 63.0 Å². The number of piperidine rings is 1. The third kappa shape index (κ3) is 11.4. The summed E-state index contributed by atoms with van der Waals surface area (Å²) in [4.78, 5) is 76.9. The molecule has 6 atom stereocenters. The summed E-state index contributed by atoms with van der Waals surface area (Å²) in [5.41, 5.74) is 7.76. The Balaban J connectivity index is 1.36. The van der Waals surface area contributed by atoms with Crippen LogP contribution in [0.3, 0.4) is 0 Å². The Bertz CT molecular complexity index is 2250. The molecule has 0 saturated carbocycles. The molecular weight excluding hydrogens is 821 g/mol. The largest absolute Gasteiger partial charge is 0.506 e. The average molecular weight is 875 g/mol. The molecule has 0 aliphatic carbocycles. The third-order valence-corrected chi connectivity index (χ3v) is 11.0. The van der Waals surface area contributed by atoms with E-state index in [1.54, 1.807) is 57.2 Å². The topological polar surface area (TPSA) is 277 Å². The van der Waals surface area contributed by atoms with Gasteiger partial charge in [-0.25, -0.2) is 9.59 Å². The number of phenolic OH excluding ortho intramolecular Hbond substituents is 2. The van der Waals surface area contributed by atoms with Crippen molar-refractivity contribution in [2.45, 2.75) is 84.0 Å². The summed E-state index contributed by atoms with van der Waals surface area (Å²) in [6.45, 7) is 6.43. The van der Waals surface area contributed by atoms with Gasteiger partial charge in [-0.3, -0.25) is 29.8 Å². The number of nitrogens with two attached hydrogens (primary N) is 1. The number of fused-ring (bicyclic) bond motifs is 3. The fourth-order valence-electron chi connectivity index (χ4n) is 7.64. The van der Waals surface area contributed by atoms with Crippen molar-refractivity contribution in [3.05, 3.63) is 82.0 Å². The first-order valence-electron chi connectivity index (χ1n) is 20.2. The molecule has 9 N–H and O–H groups in total. The number of hydrogen-bond acceptors (Lipinski definition) is 14. The minimum absolute atomic E-state index is 0.0309. The van der Waals surface area contributed by atoms with Crippen LogP contribution in [0.15, 0.2) is 65.3 Å². The van der Waals surface area contributed by atoms with E-state index < -0.39 is 77.9 Å². The fourth-order valence-corrected chi connectivity index (χ4v) is 7.64. The SMILES string of the molecule is COC1C=C/C=C(\C)C(=O)Nc2cc(O)c(NCCOC(=O)Nc3cccc4c3CN(C3CCC(=O)NC3=O)C4=O)c(c2O)/C=C(\C)CC(OC)C(O)C(C)C=C(C)C1OC(N)=O. The first-order valence-corrected chi connectivity index (χ1v) is 20.2. The number of primary amides is 1. The zero-order valence-electron chi connectivity index (χ0n) is 35.9. The van der Waals surface area contributed by atoms with Crippen LogP contribution in [0.5, 0.6) is 11.5 Å². The van der Waals surface area contributed by atoms with E-state index in [4.69, 9.17) is 24.7 Å². The van der Waals surface area contributed by atoms with Gasteiger partial charge in [0.2, 0.25) is 11.8 Å². The summed E-state index contributed by atoms with van der Waals surface area (Å²) < 4.78 is 22.1. The smallest absolute Gasteiger partial charge is 0.411 e. The molecule has 2 aromatic rings. The number of aromatic hydroxyl groups is 2. The number of methoxy groups -OCH3 is 2. The Morgan fingerprint density at radius 1 is 1.05 bits per heavy atom. The molecule has 1 fully saturated rings. The van der Waals surface area contributed by atoms with Gasteiger partial charge in [0.25, 0.3) is 11.8 Å². The molecule has 3 heterocycles. The molecule has 2 aromatic carbocycles. The lowest BCUT2D eigenvalue weighted by atomic mass is 9.91. The van der Waals surface area contributed by atoms with E-state index in [9.17, 15) is 44.1 Å². The maximum absolute atomic E-state index is 13.3. The van der Waals surface area contributed by atoms with Crippen molar-refractivity contribution in [2.75, 3.05) is 43.3 Å². The summed E-state index contributed by atoms with van der Waals surface area (Å²) in [5.74, 6) is -3.31. The van der Waals surface area contributed by atoms with Crippen molar-refractivity contribution in [3.8, 4) is 11.5 Å². The number of allylic oxidation sites excluding steroid dienone is 2. The summed E-state index contributed by atoms with van der Waals surface area (Å²) in [6.07, 6.45) is 2.67. The molecule has 0 spiro atoms. The van der Waals surface area contributed by atoms with Crippen molar-refractivity contribution in [2.24, 2.45) is 11.7 Å². The molecule has 19 nitrogen and oxygen atoms in total. The van der Waals surface area contributed by atoms with E-state index in [1.807, 2.05) is 0 Å². The molecule has 6 amide bonds. The van der Waals surface area contributed by atoms with Crippen molar-refractivity contribution in [3.63, 3.8) is 0 Å². The van der Waals surface area contributed by atoms with Gasteiger partial charge in [-0.1, -0.05) is 42.9 Å². The number of carbonyl (C=O) groups excluding carboxylic acids is 6. The van der Waals surface area contributed by atoms with Crippen molar-refractivity contribution >= 4 is 59.0 Å². The molecule has 3 aliphatic rings. The van der Waals surface area contributed by atoms with Gasteiger partial charge >= 0.3 is 12.2 Å². The van der Waals surface area contributed by atoms with E-state index in [0.29, 0.717) is 28.0 Å². The molecule has 2 bridgehead atoms. The molecule has 0 aromatic heterocycles. The average Bonchev–Trinajstić information content (AvgIpc) is 3.57. The van der Waals surface area contributed by atoms with E-state index in [0.717, 1.165) is 6.07 Å². The van der Waals surface area contributed by atoms with Gasteiger partial charge < -0.3 is 55.5 Å². The molecule has 63 heavy (non-hydrogen) atoms. The summed E-state index contributed by atoms with van der Waals surface area (Å²) in [5, 5.41) is 44.8. The van der Waals surface area contributed by atoms with E-state index in [2.05, 4.69) is 21.3 Å². The molecule has 0 radical (unpaired) electrons. The van der Waals surface area contributed by atoms with E-state index in [1.165, 1.54) is 38.2 Å². The Morgan fingerprint density at radius 3 is 2.48 bits per heavy atom. The van der Waals surface area contributed by atoms with E-state index in [-0.39, 0.29) is 67.2 Å². The Morgan fingerprint density at radius 2 is 1.79 bits per heavy atom. The predicted molar refractivity (Wildman–Crippen MR) is 230 cm³/mol.